The van der Waals surface area contributed by atoms with Crippen LogP contribution < -0.4 is 11.1 Å². The van der Waals surface area contributed by atoms with Crippen LogP contribution in [0.25, 0.3) is 0 Å². The van der Waals surface area contributed by atoms with Gasteiger partial charge in [-0.1, -0.05) is 17.3 Å². The molecule has 1 aromatic carbocycles. The molecule has 110 valence electrons. The first-order chi connectivity index (χ1) is 10.1. The van der Waals surface area contributed by atoms with E-state index in [9.17, 15) is 4.39 Å². The quantitative estimate of drug-likeness (QED) is 0.340. The molecule has 0 bridgehead atoms. The maximum Gasteiger partial charge on any atom is 0.173 e. The van der Waals surface area contributed by atoms with Gasteiger partial charge in [0.05, 0.1) is 5.56 Å². The molecule has 21 heavy (non-hydrogen) atoms. The zero-order valence-electron chi connectivity index (χ0n) is 11.7. The van der Waals surface area contributed by atoms with Crippen LogP contribution in [0.4, 0.5) is 4.39 Å². The van der Waals surface area contributed by atoms with E-state index in [-0.39, 0.29) is 11.4 Å². The lowest BCUT2D eigenvalue weighted by Gasteiger charge is -2.10. The molecule has 0 saturated carbocycles. The van der Waals surface area contributed by atoms with Gasteiger partial charge in [-0.05, 0) is 30.2 Å². The van der Waals surface area contributed by atoms with E-state index in [1.54, 1.807) is 24.5 Å². The summed E-state index contributed by atoms with van der Waals surface area (Å²) in [6.45, 7) is 2.94. The molecule has 0 atom stereocenters. The third kappa shape index (κ3) is 3.55. The van der Waals surface area contributed by atoms with Crippen molar-refractivity contribution in [1.29, 1.82) is 0 Å². The third-order valence-corrected chi connectivity index (χ3v) is 3.23. The molecule has 2 aromatic rings. The number of amidine groups is 1. The Balaban J connectivity index is 2.06. The standard InChI is InChI=1S/C15H17FN4O/c1-10-7-18-6-5-11(10)8-19-9-12-3-2-4-13(14(12)16)15(17)20-21/h2-7,19,21H,8-9H2,1H3,(H2,17,20). The molecule has 4 N–H and O–H groups in total. The molecule has 1 aromatic heterocycles. The molecule has 5 nitrogen and oxygen atoms in total. The van der Waals surface area contributed by atoms with Crippen LogP contribution in [0.5, 0.6) is 0 Å². The van der Waals surface area contributed by atoms with Gasteiger partial charge >= 0.3 is 0 Å². The average Bonchev–Trinajstić information content (AvgIpc) is 2.50. The summed E-state index contributed by atoms with van der Waals surface area (Å²) in [7, 11) is 0. The Morgan fingerprint density at radius 3 is 2.81 bits per heavy atom. The number of aryl methyl sites for hydroxylation is 1. The number of halogens is 1. The second-order valence-corrected chi connectivity index (χ2v) is 4.67. The average molecular weight is 288 g/mol. The number of aromatic nitrogens is 1. The second kappa shape index (κ2) is 6.81. The van der Waals surface area contributed by atoms with Crippen LogP contribution in [-0.4, -0.2) is 16.0 Å². The monoisotopic (exact) mass is 288 g/mol. The van der Waals surface area contributed by atoms with E-state index in [4.69, 9.17) is 10.9 Å². The molecule has 0 amide bonds. The molecule has 0 spiro atoms. The van der Waals surface area contributed by atoms with Gasteiger partial charge in [0.1, 0.15) is 5.82 Å². The third-order valence-electron chi connectivity index (χ3n) is 3.23. The number of hydrogen-bond acceptors (Lipinski definition) is 4. The Hall–Kier alpha value is -2.47. The van der Waals surface area contributed by atoms with Gasteiger partial charge in [0.25, 0.3) is 0 Å². The van der Waals surface area contributed by atoms with Gasteiger partial charge in [-0.2, -0.15) is 0 Å². The smallest absolute Gasteiger partial charge is 0.173 e. The van der Waals surface area contributed by atoms with E-state index in [2.05, 4.69) is 15.5 Å². The molecule has 0 aliphatic carbocycles. The minimum atomic E-state index is -0.480. The van der Waals surface area contributed by atoms with Crippen molar-refractivity contribution in [1.82, 2.24) is 10.3 Å². The van der Waals surface area contributed by atoms with E-state index < -0.39 is 5.82 Å². The first-order valence-electron chi connectivity index (χ1n) is 6.49. The number of nitrogens with two attached hydrogens (primary N) is 1. The van der Waals surface area contributed by atoms with Gasteiger partial charge in [0.15, 0.2) is 5.84 Å². The number of hydrogen-bond donors (Lipinski definition) is 3. The van der Waals surface area contributed by atoms with Crippen molar-refractivity contribution in [3.05, 3.63) is 64.7 Å². The maximum atomic E-state index is 14.2. The van der Waals surface area contributed by atoms with Crippen LogP contribution in [0.3, 0.4) is 0 Å². The Labute approximate surface area is 122 Å². The molecule has 0 aliphatic heterocycles. The highest BCUT2D eigenvalue weighted by Gasteiger charge is 2.11. The summed E-state index contributed by atoms with van der Waals surface area (Å²) in [5.74, 6) is -0.717. The zero-order chi connectivity index (χ0) is 15.2. The summed E-state index contributed by atoms with van der Waals surface area (Å²) in [5.41, 5.74) is 8.18. The highest BCUT2D eigenvalue weighted by atomic mass is 19.1. The molecular formula is C15H17FN4O. The number of rotatable bonds is 5. The molecule has 6 heteroatoms. The number of oxime groups is 1. The first-order valence-corrected chi connectivity index (χ1v) is 6.49. The summed E-state index contributed by atoms with van der Waals surface area (Å²) >= 11 is 0. The van der Waals surface area contributed by atoms with Crippen LogP contribution >= 0.6 is 0 Å². The Morgan fingerprint density at radius 1 is 1.33 bits per heavy atom. The van der Waals surface area contributed by atoms with Crippen LogP contribution in [-0.2, 0) is 13.1 Å². The highest BCUT2D eigenvalue weighted by Crippen LogP contribution is 2.13. The van der Waals surface area contributed by atoms with Gasteiger partial charge in [-0.25, -0.2) is 4.39 Å². The van der Waals surface area contributed by atoms with Crippen molar-refractivity contribution in [2.24, 2.45) is 10.9 Å². The second-order valence-electron chi connectivity index (χ2n) is 4.67. The van der Waals surface area contributed by atoms with Gasteiger partial charge in [0.2, 0.25) is 0 Å². The van der Waals surface area contributed by atoms with Gasteiger partial charge < -0.3 is 16.3 Å². The molecule has 0 saturated heterocycles. The predicted octanol–water partition coefficient (Wildman–Crippen LogP) is 1.91. The number of nitrogens with one attached hydrogen (secondary N) is 1. The first kappa shape index (κ1) is 14.9. The van der Waals surface area contributed by atoms with Crippen LogP contribution in [0.2, 0.25) is 0 Å². The van der Waals surface area contributed by atoms with Crippen molar-refractivity contribution in [2.75, 3.05) is 0 Å². The van der Waals surface area contributed by atoms with Crippen LogP contribution in [0, 0.1) is 12.7 Å². The summed E-state index contributed by atoms with van der Waals surface area (Å²) in [6, 6.07) is 6.73. The van der Waals surface area contributed by atoms with Crippen LogP contribution in [0.1, 0.15) is 22.3 Å². The van der Waals surface area contributed by atoms with Crippen molar-refractivity contribution in [3.8, 4) is 0 Å². The van der Waals surface area contributed by atoms with E-state index in [1.165, 1.54) is 6.07 Å². The number of benzene rings is 1. The van der Waals surface area contributed by atoms with Crippen LogP contribution in [0.15, 0.2) is 41.8 Å². The fourth-order valence-corrected chi connectivity index (χ4v) is 2.00. The van der Waals surface area contributed by atoms with Gasteiger partial charge in [-0.3, -0.25) is 4.98 Å². The summed E-state index contributed by atoms with van der Waals surface area (Å²) in [4.78, 5) is 4.03. The fourth-order valence-electron chi connectivity index (χ4n) is 2.00. The van der Waals surface area contributed by atoms with E-state index in [1.807, 2.05) is 13.0 Å². The molecule has 0 aliphatic rings. The SMILES string of the molecule is Cc1cnccc1CNCc1cccc(/C(N)=N/O)c1F. The summed E-state index contributed by atoms with van der Waals surface area (Å²) in [5, 5.41) is 14.6. The lowest BCUT2D eigenvalue weighted by molar-refractivity contribution is 0.318. The summed E-state index contributed by atoms with van der Waals surface area (Å²) < 4.78 is 14.2. The lowest BCUT2D eigenvalue weighted by atomic mass is 10.1. The molecule has 0 radical (unpaired) electrons. The summed E-state index contributed by atoms with van der Waals surface area (Å²) in [6.07, 6.45) is 3.51. The molecular weight excluding hydrogens is 271 g/mol. The zero-order valence-corrected chi connectivity index (χ0v) is 11.7. The van der Waals surface area contributed by atoms with E-state index >= 15 is 0 Å². The minimum absolute atomic E-state index is 0.0943. The van der Waals surface area contributed by atoms with E-state index in [0.717, 1.165) is 11.1 Å². The minimum Gasteiger partial charge on any atom is -0.409 e. The van der Waals surface area contributed by atoms with Crippen molar-refractivity contribution in [3.63, 3.8) is 0 Å². The molecule has 2 rings (SSSR count). The normalized spacial score (nSPS) is 11.6. The largest absolute Gasteiger partial charge is 0.409 e. The van der Waals surface area contributed by atoms with E-state index in [0.29, 0.717) is 18.7 Å². The molecule has 1 heterocycles. The van der Waals surface area contributed by atoms with Gasteiger partial charge in [-0.15, -0.1) is 0 Å². The predicted molar refractivity (Wildman–Crippen MR) is 78.4 cm³/mol. The number of nitrogens with zero attached hydrogens (tertiary/aromatic N) is 2. The lowest BCUT2D eigenvalue weighted by Crippen LogP contribution is -2.19. The Bertz CT molecular complexity index is 658. The topological polar surface area (TPSA) is 83.5 Å². The fraction of sp³-hybridized carbons (Fsp3) is 0.200. The van der Waals surface area contributed by atoms with Crippen molar-refractivity contribution < 1.29 is 9.60 Å². The highest BCUT2D eigenvalue weighted by molar-refractivity contribution is 5.97. The van der Waals surface area contributed by atoms with Gasteiger partial charge in [0, 0.05) is 31.0 Å². The van der Waals surface area contributed by atoms with Crippen molar-refractivity contribution >= 4 is 5.84 Å². The molecule has 0 unspecified atom stereocenters. The Morgan fingerprint density at radius 2 is 2.10 bits per heavy atom. The maximum absolute atomic E-state index is 14.2. The van der Waals surface area contributed by atoms with Crippen molar-refractivity contribution in [2.45, 2.75) is 20.0 Å². The number of pyridine rings is 1. The molecule has 0 fully saturated rings. The Kier molecular flexibility index (Phi) is 4.84.